The van der Waals surface area contributed by atoms with E-state index in [1.165, 1.54) is 0 Å². The number of benzene rings is 1. The van der Waals surface area contributed by atoms with E-state index in [1.54, 1.807) is 24.6 Å². The number of hydrazine groups is 2. The number of nitrogens with zero attached hydrogens (tertiary/aromatic N) is 2. The van der Waals surface area contributed by atoms with Gasteiger partial charge in [-0.2, -0.15) is 0 Å². The van der Waals surface area contributed by atoms with E-state index in [0.29, 0.717) is 18.9 Å². The topological polar surface area (TPSA) is 116 Å². The molecule has 0 spiro atoms. The van der Waals surface area contributed by atoms with Crippen LogP contribution in [-0.2, 0) is 11.4 Å². The van der Waals surface area contributed by atoms with Crippen molar-refractivity contribution >= 4 is 12.1 Å². The van der Waals surface area contributed by atoms with E-state index >= 15 is 0 Å². The molecular weight excluding hydrogens is 310 g/mol. The average molecular weight is 333 g/mol. The molecule has 0 bridgehead atoms. The number of carbonyl (C=O) groups excluding carboxylic acids is 1. The third kappa shape index (κ3) is 5.75. The minimum atomic E-state index is 0.345. The molecule has 0 saturated heterocycles. The number of carbonyl (C=O) groups is 1. The molecule has 2 aromatic rings. The predicted octanol–water partition coefficient (Wildman–Crippen LogP) is 0.894. The van der Waals surface area contributed by atoms with Crippen LogP contribution >= 0.6 is 0 Å². The van der Waals surface area contributed by atoms with Gasteiger partial charge in [0.2, 0.25) is 12.3 Å². The summed E-state index contributed by atoms with van der Waals surface area (Å²) in [6.45, 7) is 2.27. The highest BCUT2D eigenvalue weighted by Gasteiger charge is 2.12. The van der Waals surface area contributed by atoms with Crippen LogP contribution in [0.3, 0.4) is 0 Å². The lowest BCUT2D eigenvalue weighted by atomic mass is 10.1. The lowest BCUT2D eigenvalue weighted by molar-refractivity contribution is -0.109. The van der Waals surface area contributed by atoms with E-state index in [4.69, 9.17) is 20.1 Å². The summed E-state index contributed by atoms with van der Waals surface area (Å²) in [7, 11) is 3.41. The summed E-state index contributed by atoms with van der Waals surface area (Å²) >= 11 is 0. The molecule has 130 valence electrons. The van der Waals surface area contributed by atoms with Crippen LogP contribution in [0.5, 0.6) is 11.6 Å². The fourth-order valence-electron chi connectivity index (χ4n) is 1.97. The average Bonchev–Trinajstić information content (AvgIpc) is 2.59. The standard InChI is InChI=1S/C15H19N3O2.CH4N2O/c1-11-6-4-9-15(17-11)20-10-12-13(18(2)16)7-5-8-14(12)19-3;2-3-1-4/h4-9H,10,16H2,1-3H3;1H,2H2,(H,3,4). The van der Waals surface area contributed by atoms with Crippen LogP contribution in [0.4, 0.5) is 5.69 Å². The van der Waals surface area contributed by atoms with Gasteiger partial charge in [-0.1, -0.05) is 12.1 Å². The molecule has 8 nitrogen and oxygen atoms in total. The van der Waals surface area contributed by atoms with Gasteiger partial charge >= 0.3 is 0 Å². The lowest BCUT2D eigenvalue weighted by Gasteiger charge is -2.19. The summed E-state index contributed by atoms with van der Waals surface area (Å²) in [6.07, 6.45) is 0.403. The number of amides is 1. The minimum absolute atomic E-state index is 0.345. The molecule has 0 aliphatic carbocycles. The van der Waals surface area contributed by atoms with Gasteiger partial charge in [-0.3, -0.25) is 10.2 Å². The Balaban J connectivity index is 0.000000648. The monoisotopic (exact) mass is 333 g/mol. The van der Waals surface area contributed by atoms with E-state index in [2.05, 4.69) is 10.8 Å². The fourth-order valence-corrected chi connectivity index (χ4v) is 1.97. The third-order valence-electron chi connectivity index (χ3n) is 3.00. The summed E-state index contributed by atoms with van der Waals surface area (Å²) in [5.41, 5.74) is 4.42. The van der Waals surface area contributed by atoms with E-state index < -0.39 is 0 Å². The number of pyridine rings is 1. The molecule has 5 N–H and O–H groups in total. The van der Waals surface area contributed by atoms with Crippen molar-refractivity contribution in [2.75, 3.05) is 19.2 Å². The van der Waals surface area contributed by atoms with Crippen LogP contribution in [-0.4, -0.2) is 25.6 Å². The molecule has 2 rings (SSSR count). The molecular formula is C16H23N5O3. The second-order valence-electron chi connectivity index (χ2n) is 4.76. The Kier molecular flexibility index (Phi) is 8.03. The number of nitrogens with two attached hydrogens (primary N) is 2. The van der Waals surface area contributed by atoms with Gasteiger partial charge in [-0.15, -0.1) is 0 Å². The summed E-state index contributed by atoms with van der Waals surface area (Å²) in [5.74, 6) is 11.6. The second kappa shape index (κ2) is 10.0. The summed E-state index contributed by atoms with van der Waals surface area (Å²) in [5, 5.41) is 1.55. The Morgan fingerprint density at radius 2 is 1.96 bits per heavy atom. The number of methoxy groups -OCH3 is 1. The van der Waals surface area contributed by atoms with Crippen molar-refractivity contribution in [3.05, 3.63) is 47.7 Å². The van der Waals surface area contributed by atoms with Gasteiger partial charge in [0, 0.05) is 18.8 Å². The molecule has 0 unspecified atom stereocenters. The summed E-state index contributed by atoms with van der Waals surface area (Å²) in [4.78, 5) is 13.2. The molecule has 0 radical (unpaired) electrons. The Hall–Kier alpha value is -2.84. The third-order valence-corrected chi connectivity index (χ3v) is 3.00. The molecule has 0 fully saturated rings. The van der Waals surface area contributed by atoms with E-state index in [0.717, 1.165) is 22.7 Å². The predicted molar refractivity (Wildman–Crippen MR) is 92.3 cm³/mol. The SMILES string of the molecule is COc1cccc(N(C)N)c1COc1cccc(C)n1.NNC=O. The minimum Gasteiger partial charge on any atom is -0.496 e. The number of aromatic nitrogens is 1. The van der Waals surface area contributed by atoms with Crippen molar-refractivity contribution in [2.24, 2.45) is 11.7 Å². The first-order chi connectivity index (χ1) is 11.5. The Labute approximate surface area is 141 Å². The van der Waals surface area contributed by atoms with Crippen molar-refractivity contribution in [2.45, 2.75) is 13.5 Å². The van der Waals surface area contributed by atoms with Gasteiger partial charge in [0.05, 0.1) is 18.4 Å². The largest absolute Gasteiger partial charge is 0.496 e. The Morgan fingerprint density at radius 1 is 1.29 bits per heavy atom. The van der Waals surface area contributed by atoms with Gasteiger partial charge in [0.1, 0.15) is 12.4 Å². The number of hydrogen-bond donors (Lipinski definition) is 3. The molecule has 8 heteroatoms. The maximum atomic E-state index is 8.94. The van der Waals surface area contributed by atoms with Crippen LogP contribution in [0.1, 0.15) is 11.3 Å². The molecule has 1 heterocycles. The normalized spacial score (nSPS) is 9.38. The summed E-state index contributed by atoms with van der Waals surface area (Å²) in [6, 6.07) is 11.4. The Morgan fingerprint density at radius 3 is 2.50 bits per heavy atom. The second-order valence-corrected chi connectivity index (χ2v) is 4.76. The number of hydrogen-bond acceptors (Lipinski definition) is 7. The first-order valence-corrected chi connectivity index (χ1v) is 7.14. The van der Waals surface area contributed by atoms with Crippen LogP contribution in [0.15, 0.2) is 36.4 Å². The maximum absolute atomic E-state index is 8.94. The molecule has 0 atom stereocenters. The van der Waals surface area contributed by atoms with Gasteiger partial charge in [-0.05, 0) is 25.1 Å². The van der Waals surface area contributed by atoms with Gasteiger partial charge in [0.15, 0.2) is 0 Å². The molecule has 0 aliphatic heterocycles. The van der Waals surface area contributed by atoms with Crippen LogP contribution in [0, 0.1) is 6.92 Å². The first kappa shape index (κ1) is 19.2. The highest BCUT2D eigenvalue weighted by atomic mass is 16.5. The zero-order valence-electron chi connectivity index (χ0n) is 14.0. The molecule has 1 amide bonds. The Bertz CT molecular complexity index is 649. The van der Waals surface area contributed by atoms with Crippen LogP contribution < -0.4 is 31.6 Å². The summed E-state index contributed by atoms with van der Waals surface area (Å²) < 4.78 is 11.1. The number of anilines is 1. The van der Waals surface area contributed by atoms with Gasteiger partial charge in [-0.25, -0.2) is 16.7 Å². The smallest absolute Gasteiger partial charge is 0.221 e. The zero-order chi connectivity index (χ0) is 17.9. The van der Waals surface area contributed by atoms with Gasteiger partial charge < -0.3 is 14.5 Å². The molecule has 24 heavy (non-hydrogen) atoms. The number of aryl methyl sites for hydroxylation is 1. The molecule has 1 aromatic heterocycles. The van der Waals surface area contributed by atoms with Crippen molar-refractivity contribution < 1.29 is 14.3 Å². The maximum Gasteiger partial charge on any atom is 0.221 e. The number of ether oxygens (including phenoxy) is 2. The van der Waals surface area contributed by atoms with Crippen molar-refractivity contribution in [3.63, 3.8) is 0 Å². The molecule has 0 saturated carbocycles. The first-order valence-electron chi connectivity index (χ1n) is 7.14. The number of rotatable bonds is 6. The van der Waals surface area contributed by atoms with Crippen molar-refractivity contribution in [1.29, 1.82) is 0 Å². The van der Waals surface area contributed by atoms with Gasteiger partial charge in [0.25, 0.3) is 0 Å². The fraction of sp³-hybridized carbons (Fsp3) is 0.250. The highest BCUT2D eigenvalue weighted by molar-refractivity contribution is 5.58. The van der Waals surface area contributed by atoms with Crippen molar-refractivity contribution in [3.8, 4) is 11.6 Å². The van der Waals surface area contributed by atoms with E-state index in [1.807, 2.05) is 43.3 Å². The molecule has 0 aliphatic rings. The van der Waals surface area contributed by atoms with E-state index in [-0.39, 0.29) is 0 Å². The highest BCUT2D eigenvalue weighted by Crippen LogP contribution is 2.28. The van der Waals surface area contributed by atoms with Crippen molar-refractivity contribution in [1.82, 2.24) is 10.4 Å². The molecule has 1 aromatic carbocycles. The zero-order valence-corrected chi connectivity index (χ0v) is 14.0. The van der Waals surface area contributed by atoms with Crippen LogP contribution in [0.2, 0.25) is 0 Å². The quantitative estimate of drug-likeness (QED) is 0.311. The number of nitrogens with one attached hydrogen (secondary N) is 1. The van der Waals surface area contributed by atoms with Crippen LogP contribution in [0.25, 0.3) is 0 Å². The van der Waals surface area contributed by atoms with E-state index in [9.17, 15) is 0 Å². The lowest BCUT2D eigenvalue weighted by Crippen LogP contribution is -2.26.